The second kappa shape index (κ2) is 8.11. The Kier molecular flexibility index (Phi) is 5.90. The van der Waals surface area contributed by atoms with Gasteiger partial charge < -0.3 is 14.8 Å². The summed E-state index contributed by atoms with van der Waals surface area (Å²) in [6.07, 6.45) is 1.33. The number of nitrogens with one attached hydrogen (secondary N) is 2. The Morgan fingerprint density at radius 1 is 1.21 bits per heavy atom. The number of hydrogen-bond acceptors (Lipinski definition) is 8. The van der Waals surface area contributed by atoms with E-state index in [0.29, 0.717) is 5.16 Å². The highest BCUT2D eigenvalue weighted by atomic mass is 32.2. The molecule has 0 bridgehead atoms. The minimum atomic E-state index is -0.635. The first-order valence-corrected chi connectivity index (χ1v) is 7.62. The Bertz CT molecular complexity index is 748. The molecule has 126 valence electrons. The molecule has 1 heterocycles. The molecule has 9 nitrogen and oxygen atoms in total. The minimum Gasteiger partial charge on any atom is -0.465 e. The Morgan fingerprint density at radius 2 is 1.96 bits per heavy atom. The predicted molar refractivity (Wildman–Crippen MR) is 84.9 cm³/mol. The summed E-state index contributed by atoms with van der Waals surface area (Å²) >= 11 is 1.14. The van der Waals surface area contributed by atoms with Crippen LogP contribution in [0.15, 0.2) is 29.7 Å². The standard InChI is InChI=1S/C14H14N4O5S/c1-22-12(20)8-3-4-9(13(21)23-2)10(5-8)17-11(19)6-24-14-15-7-16-18-14/h3-5,7H,6H2,1-2H3,(H,17,19)(H,15,16,18). The minimum absolute atomic E-state index is 0.0399. The van der Waals surface area contributed by atoms with Crippen molar-refractivity contribution in [1.82, 2.24) is 15.2 Å². The van der Waals surface area contributed by atoms with E-state index in [1.54, 1.807) is 0 Å². The Morgan fingerprint density at radius 3 is 2.58 bits per heavy atom. The SMILES string of the molecule is COC(=O)c1ccc(C(=O)OC)c(NC(=O)CSc2ncn[nH]2)c1. The maximum Gasteiger partial charge on any atom is 0.339 e. The quantitative estimate of drug-likeness (QED) is 0.586. The van der Waals surface area contributed by atoms with Gasteiger partial charge in [-0.3, -0.25) is 9.89 Å². The van der Waals surface area contributed by atoms with Gasteiger partial charge in [-0.2, -0.15) is 5.10 Å². The molecule has 1 aromatic heterocycles. The lowest BCUT2D eigenvalue weighted by molar-refractivity contribution is -0.113. The fourth-order valence-electron chi connectivity index (χ4n) is 1.76. The first-order valence-electron chi connectivity index (χ1n) is 6.64. The Hall–Kier alpha value is -2.88. The van der Waals surface area contributed by atoms with Crippen LogP contribution in [0.2, 0.25) is 0 Å². The summed E-state index contributed by atoms with van der Waals surface area (Å²) in [5.41, 5.74) is 0.486. The Balaban J connectivity index is 2.16. The van der Waals surface area contributed by atoms with Crippen LogP contribution < -0.4 is 5.32 Å². The number of ether oxygens (including phenoxy) is 2. The molecule has 0 saturated heterocycles. The van der Waals surface area contributed by atoms with Crippen molar-refractivity contribution in [3.63, 3.8) is 0 Å². The number of nitrogens with zero attached hydrogens (tertiary/aromatic N) is 2. The van der Waals surface area contributed by atoms with Crippen LogP contribution in [-0.4, -0.2) is 53.0 Å². The zero-order valence-corrected chi connectivity index (χ0v) is 13.7. The van der Waals surface area contributed by atoms with Crippen LogP contribution in [-0.2, 0) is 14.3 Å². The largest absolute Gasteiger partial charge is 0.465 e. The van der Waals surface area contributed by atoms with Crippen molar-refractivity contribution in [2.45, 2.75) is 5.16 Å². The fourth-order valence-corrected chi connectivity index (χ4v) is 2.34. The molecule has 2 N–H and O–H groups in total. The number of rotatable bonds is 6. The van der Waals surface area contributed by atoms with Gasteiger partial charge in [-0.1, -0.05) is 11.8 Å². The summed E-state index contributed by atoms with van der Waals surface area (Å²) in [5.74, 6) is -1.57. The second-order valence-corrected chi connectivity index (χ2v) is 5.34. The van der Waals surface area contributed by atoms with E-state index >= 15 is 0 Å². The number of aromatic amines is 1. The summed E-state index contributed by atoms with van der Waals surface area (Å²) in [6.45, 7) is 0. The third kappa shape index (κ3) is 4.32. The lowest BCUT2D eigenvalue weighted by Crippen LogP contribution is -2.18. The van der Waals surface area contributed by atoms with Gasteiger partial charge in [0.25, 0.3) is 0 Å². The smallest absolute Gasteiger partial charge is 0.339 e. The van der Waals surface area contributed by atoms with Crippen molar-refractivity contribution in [1.29, 1.82) is 0 Å². The maximum absolute atomic E-state index is 12.1. The van der Waals surface area contributed by atoms with Crippen LogP contribution >= 0.6 is 11.8 Å². The highest BCUT2D eigenvalue weighted by Crippen LogP contribution is 2.20. The number of anilines is 1. The first-order chi connectivity index (χ1) is 11.5. The molecule has 2 rings (SSSR count). The Labute approximate surface area is 141 Å². The molecule has 0 aliphatic rings. The molecule has 0 spiro atoms. The molecule has 1 amide bonds. The third-order valence-electron chi connectivity index (χ3n) is 2.85. The van der Waals surface area contributed by atoms with Crippen LogP contribution in [0.25, 0.3) is 0 Å². The zero-order chi connectivity index (χ0) is 17.5. The third-order valence-corrected chi connectivity index (χ3v) is 3.73. The predicted octanol–water partition coefficient (Wildman–Crippen LogP) is 1.11. The van der Waals surface area contributed by atoms with Crippen molar-refractivity contribution in [3.8, 4) is 0 Å². The van der Waals surface area contributed by atoms with Gasteiger partial charge in [0.1, 0.15) is 6.33 Å². The number of H-pyrrole nitrogens is 1. The molecule has 0 saturated carbocycles. The second-order valence-electron chi connectivity index (χ2n) is 4.37. The normalized spacial score (nSPS) is 10.1. The topological polar surface area (TPSA) is 123 Å². The number of esters is 2. The molecule has 0 aliphatic carbocycles. The van der Waals surface area contributed by atoms with Gasteiger partial charge in [-0.05, 0) is 18.2 Å². The van der Waals surface area contributed by atoms with E-state index in [1.807, 2.05) is 0 Å². The number of carbonyl (C=O) groups excluding carboxylic acids is 3. The maximum atomic E-state index is 12.1. The van der Waals surface area contributed by atoms with Crippen molar-refractivity contribution < 1.29 is 23.9 Å². The molecule has 10 heteroatoms. The average molecular weight is 350 g/mol. The van der Waals surface area contributed by atoms with Gasteiger partial charge in [0.05, 0.1) is 36.8 Å². The van der Waals surface area contributed by atoms with E-state index < -0.39 is 11.9 Å². The van der Waals surface area contributed by atoms with Crippen molar-refractivity contribution >= 4 is 35.3 Å². The monoisotopic (exact) mass is 350 g/mol. The van der Waals surface area contributed by atoms with Gasteiger partial charge in [-0.25, -0.2) is 14.6 Å². The van der Waals surface area contributed by atoms with Gasteiger partial charge in [0, 0.05) is 0 Å². The summed E-state index contributed by atoms with van der Waals surface area (Å²) in [6, 6.07) is 4.16. The van der Waals surface area contributed by atoms with E-state index in [1.165, 1.54) is 38.7 Å². The molecule has 2 aromatic rings. The van der Waals surface area contributed by atoms with E-state index in [4.69, 9.17) is 0 Å². The van der Waals surface area contributed by atoms with Crippen LogP contribution in [0.1, 0.15) is 20.7 Å². The van der Waals surface area contributed by atoms with Crippen LogP contribution in [0.4, 0.5) is 5.69 Å². The number of carbonyl (C=O) groups is 3. The number of hydrogen-bond donors (Lipinski definition) is 2. The molecular weight excluding hydrogens is 336 g/mol. The van der Waals surface area contributed by atoms with Crippen LogP contribution in [0, 0.1) is 0 Å². The van der Waals surface area contributed by atoms with Gasteiger partial charge in [0.2, 0.25) is 5.91 Å². The lowest BCUT2D eigenvalue weighted by atomic mass is 10.1. The number of aromatic nitrogens is 3. The molecule has 0 fully saturated rings. The highest BCUT2D eigenvalue weighted by Gasteiger charge is 2.17. The fraction of sp³-hybridized carbons (Fsp3) is 0.214. The molecular formula is C14H14N4O5S. The molecule has 0 unspecified atom stereocenters. The lowest BCUT2D eigenvalue weighted by Gasteiger charge is -2.11. The number of methoxy groups -OCH3 is 2. The molecule has 0 aliphatic heterocycles. The number of amides is 1. The van der Waals surface area contributed by atoms with Crippen molar-refractivity contribution in [2.24, 2.45) is 0 Å². The van der Waals surface area contributed by atoms with Gasteiger partial charge in [-0.15, -0.1) is 0 Å². The van der Waals surface area contributed by atoms with E-state index in [2.05, 4.69) is 30.0 Å². The van der Waals surface area contributed by atoms with Gasteiger partial charge in [0.15, 0.2) is 5.16 Å². The summed E-state index contributed by atoms with van der Waals surface area (Å²) in [7, 11) is 2.46. The summed E-state index contributed by atoms with van der Waals surface area (Å²) in [4.78, 5) is 39.3. The summed E-state index contributed by atoms with van der Waals surface area (Å²) < 4.78 is 9.30. The van der Waals surface area contributed by atoms with E-state index in [-0.39, 0.29) is 28.5 Å². The van der Waals surface area contributed by atoms with Crippen molar-refractivity contribution in [3.05, 3.63) is 35.7 Å². The van der Waals surface area contributed by atoms with Crippen LogP contribution in [0.3, 0.4) is 0 Å². The van der Waals surface area contributed by atoms with E-state index in [9.17, 15) is 14.4 Å². The molecule has 0 radical (unpaired) electrons. The molecule has 0 atom stereocenters. The number of thioether (sulfide) groups is 1. The molecule has 24 heavy (non-hydrogen) atoms. The summed E-state index contributed by atoms with van der Waals surface area (Å²) in [5, 5.41) is 9.35. The van der Waals surface area contributed by atoms with Crippen molar-refractivity contribution in [2.75, 3.05) is 25.3 Å². The average Bonchev–Trinajstić information content (AvgIpc) is 3.12. The number of benzene rings is 1. The first kappa shape index (κ1) is 17.5. The molecule has 1 aromatic carbocycles. The van der Waals surface area contributed by atoms with Gasteiger partial charge >= 0.3 is 11.9 Å². The van der Waals surface area contributed by atoms with E-state index in [0.717, 1.165) is 11.8 Å². The van der Waals surface area contributed by atoms with Crippen LogP contribution in [0.5, 0.6) is 0 Å². The highest BCUT2D eigenvalue weighted by molar-refractivity contribution is 7.99. The zero-order valence-electron chi connectivity index (χ0n) is 12.9.